The predicted octanol–water partition coefficient (Wildman–Crippen LogP) is 4.04. The first kappa shape index (κ1) is 12.6. The van der Waals surface area contributed by atoms with Crippen LogP contribution in [-0.2, 0) is 0 Å². The number of ether oxygens (including phenoxy) is 1. The Morgan fingerprint density at radius 1 is 1.28 bits per heavy atom. The van der Waals surface area contributed by atoms with Crippen LogP contribution < -0.4 is 4.74 Å². The highest BCUT2D eigenvalue weighted by molar-refractivity contribution is 7.12. The van der Waals surface area contributed by atoms with Crippen LogP contribution in [0.5, 0.6) is 5.75 Å². The molecule has 2 rings (SSSR count). The maximum Gasteiger partial charge on any atom is 0.210 e. The maximum absolute atomic E-state index is 11.8. The molecular weight excluding hydrogens is 244 g/mol. The second-order valence-electron chi connectivity index (χ2n) is 3.73. The van der Waals surface area contributed by atoms with Gasteiger partial charge in [-0.05, 0) is 24.4 Å². The summed E-state index contributed by atoms with van der Waals surface area (Å²) in [5.41, 5.74) is 0.985. The molecule has 0 fully saturated rings. The normalized spacial score (nSPS) is 10.7. The summed E-state index contributed by atoms with van der Waals surface area (Å²) < 4.78 is 5.58. The van der Waals surface area contributed by atoms with Crippen molar-refractivity contribution in [2.24, 2.45) is 0 Å². The fourth-order valence-corrected chi connectivity index (χ4v) is 2.23. The average Bonchev–Trinajstić information content (AvgIpc) is 2.92. The van der Waals surface area contributed by atoms with Crippen molar-refractivity contribution in [3.8, 4) is 5.75 Å². The zero-order chi connectivity index (χ0) is 12.8. The molecule has 0 unspecified atom stereocenters. The molecule has 92 valence electrons. The number of carbonyl (C=O) groups is 1. The summed E-state index contributed by atoms with van der Waals surface area (Å²) in [7, 11) is 0. The molecule has 0 amide bonds. The minimum Gasteiger partial charge on any atom is -0.485 e. The monoisotopic (exact) mass is 258 g/mol. The number of thiophene rings is 1. The van der Waals surface area contributed by atoms with Crippen molar-refractivity contribution in [2.45, 2.75) is 6.92 Å². The molecule has 0 saturated heterocycles. The molecular formula is C15H14O2S. The summed E-state index contributed by atoms with van der Waals surface area (Å²) in [5, 5.41) is 1.89. The van der Waals surface area contributed by atoms with Crippen LogP contribution in [0.3, 0.4) is 0 Å². The number of hydrogen-bond acceptors (Lipinski definition) is 3. The lowest BCUT2D eigenvalue weighted by molar-refractivity contribution is 0.0925. The first-order valence-corrected chi connectivity index (χ1v) is 6.60. The summed E-state index contributed by atoms with van der Waals surface area (Å²) >= 11 is 1.44. The molecule has 18 heavy (non-hydrogen) atoms. The van der Waals surface area contributed by atoms with E-state index in [0.29, 0.717) is 0 Å². The molecule has 2 aromatic rings. The lowest BCUT2D eigenvalue weighted by atomic mass is 10.2. The van der Waals surface area contributed by atoms with Gasteiger partial charge in [-0.25, -0.2) is 0 Å². The molecule has 0 aliphatic rings. The minimum absolute atomic E-state index is 0.0141. The van der Waals surface area contributed by atoms with Crippen LogP contribution in [0.25, 0.3) is 6.08 Å². The number of benzene rings is 1. The van der Waals surface area contributed by atoms with E-state index in [1.165, 1.54) is 11.3 Å². The SMILES string of the molecule is C/C=C/c1ccccc1OCC(=O)c1cccs1. The Labute approximate surface area is 111 Å². The molecule has 1 aromatic heterocycles. The lowest BCUT2D eigenvalue weighted by Crippen LogP contribution is -2.10. The second kappa shape index (κ2) is 6.17. The molecule has 0 atom stereocenters. The van der Waals surface area contributed by atoms with Crippen molar-refractivity contribution in [3.05, 3.63) is 58.3 Å². The highest BCUT2D eigenvalue weighted by Gasteiger charge is 2.08. The first-order chi connectivity index (χ1) is 8.81. The number of ketones is 1. The maximum atomic E-state index is 11.8. The zero-order valence-corrected chi connectivity index (χ0v) is 10.9. The quantitative estimate of drug-likeness (QED) is 0.756. The molecule has 1 heterocycles. The van der Waals surface area contributed by atoms with E-state index in [1.807, 2.05) is 60.9 Å². The van der Waals surface area contributed by atoms with Crippen molar-refractivity contribution in [1.29, 1.82) is 0 Å². The topological polar surface area (TPSA) is 26.3 Å². The van der Waals surface area contributed by atoms with Gasteiger partial charge in [0.1, 0.15) is 5.75 Å². The van der Waals surface area contributed by atoms with Crippen molar-refractivity contribution in [2.75, 3.05) is 6.61 Å². The van der Waals surface area contributed by atoms with Crippen LogP contribution in [-0.4, -0.2) is 12.4 Å². The van der Waals surface area contributed by atoms with E-state index in [4.69, 9.17) is 4.74 Å². The van der Waals surface area contributed by atoms with Gasteiger partial charge in [0.05, 0.1) is 4.88 Å². The van der Waals surface area contributed by atoms with E-state index in [-0.39, 0.29) is 12.4 Å². The number of Topliss-reactive ketones (excluding diaryl/α,β-unsaturated/α-hetero) is 1. The van der Waals surface area contributed by atoms with Crippen molar-refractivity contribution >= 4 is 23.2 Å². The lowest BCUT2D eigenvalue weighted by Gasteiger charge is -2.07. The van der Waals surface area contributed by atoms with Gasteiger partial charge in [-0.3, -0.25) is 4.79 Å². The van der Waals surface area contributed by atoms with Crippen LogP contribution in [0.1, 0.15) is 22.2 Å². The van der Waals surface area contributed by atoms with Crippen LogP contribution in [0.15, 0.2) is 47.9 Å². The summed E-state index contributed by atoms with van der Waals surface area (Å²) in [6.45, 7) is 2.03. The van der Waals surface area contributed by atoms with Gasteiger partial charge in [0.2, 0.25) is 5.78 Å². The van der Waals surface area contributed by atoms with Crippen LogP contribution in [0.2, 0.25) is 0 Å². The molecule has 0 spiro atoms. The Hall–Kier alpha value is -1.87. The molecule has 2 nitrogen and oxygen atoms in total. The Bertz CT molecular complexity index is 541. The van der Waals surface area contributed by atoms with Gasteiger partial charge in [0, 0.05) is 5.56 Å². The van der Waals surface area contributed by atoms with Gasteiger partial charge < -0.3 is 4.74 Å². The number of carbonyl (C=O) groups excluding carboxylic acids is 1. The van der Waals surface area contributed by atoms with Gasteiger partial charge in [-0.1, -0.05) is 36.4 Å². The van der Waals surface area contributed by atoms with E-state index >= 15 is 0 Å². The summed E-state index contributed by atoms with van der Waals surface area (Å²) in [6, 6.07) is 11.4. The summed E-state index contributed by atoms with van der Waals surface area (Å²) in [6.07, 6.45) is 3.91. The Morgan fingerprint density at radius 2 is 2.11 bits per heavy atom. The minimum atomic E-state index is 0.0141. The van der Waals surface area contributed by atoms with Crippen LogP contribution in [0, 0.1) is 0 Å². The molecule has 0 radical (unpaired) electrons. The summed E-state index contributed by atoms with van der Waals surface area (Å²) in [5.74, 6) is 0.751. The molecule has 1 aromatic carbocycles. The molecule has 0 aliphatic heterocycles. The fraction of sp³-hybridized carbons (Fsp3) is 0.133. The smallest absolute Gasteiger partial charge is 0.210 e. The fourth-order valence-electron chi connectivity index (χ4n) is 1.58. The molecule has 0 N–H and O–H groups in total. The highest BCUT2D eigenvalue weighted by Crippen LogP contribution is 2.20. The third-order valence-electron chi connectivity index (χ3n) is 2.42. The van der Waals surface area contributed by atoms with Gasteiger partial charge in [0.15, 0.2) is 6.61 Å². The van der Waals surface area contributed by atoms with Gasteiger partial charge >= 0.3 is 0 Å². The van der Waals surface area contributed by atoms with E-state index < -0.39 is 0 Å². The first-order valence-electron chi connectivity index (χ1n) is 5.72. The summed E-state index contributed by atoms with van der Waals surface area (Å²) in [4.78, 5) is 12.6. The standard InChI is InChI=1S/C15H14O2S/c1-2-6-12-7-3-4-8-14(12)17-11-13(16)15-9-5-10-18-15/h2-10H,11H2,1H3/b6-2+. The average molecular weight is 258 g/mol. The van der Waals surface area contributed by atoms with Crippen LogP contribution >= 0.6 is 11.3 Å². The predicted molar refractivity (Wildman–Crippen MR) is 75.3 cm³/mol. The Kier molecular flexibility index (Phi) is 4.31. The number of para-hydroxylation sites is 1. The van der Waals surface area contributed by atoms with Gasteiger partial charge in [-0.15, -0.1) is 11.3 Å². The highest BCUT2D eigenvalue weighted by atomic mass is 32.1. The molecule has 3 heteroatoms. The number of rotatable bonds is 5. The Balaban J connectivity index is 2.04. The third-order valence-corrected chi connectivity index (χ3v) is 3.33. The van der Waals surface area contributed by atoms with Crippen molar-refractivity contribution < 1.29 is 9.53 Å². The molecule has 0 aliphatic carbocycles. The van der Waals surface area contributed by atoms with Gasteiger partial charge in [-0.2, -0.15) is 0 Å². The third kappa shape index (κ3) is 3.08. The van der Waals surface area contributed by atoms with Crippen molar-refractivity contribution in [1.82, 2.24) is 0 Å². The van der Waals surface area contributed by atoms with Crippen molar-refractivity contribution in [3.63, 3.8) is 0 Å². The van der Waals surface area contributed by atoms with Gasteiger partial charge in [0.25, 0.3) is 0 Å². The molecule has 0 bridgehead atoms. The van der Waals surface area contributed by atoms with Crippen LogP contribution in [0.4, 0.5) is 0 Å². The zero-order valence-electron chi connectivity index (χ0n) is 10.1. The number of allylic oxidation sites excluding steroid dienone is 1. The molecule has 0 saturated carbocycles. The second-order valence-corrected chi connectivity index (χ2v) is 4.67. The van der Waals surface area contributed by atoms with E-state index in [9.17, 15) is 4.79 Å². The number of hydrogen-bond donors (Lipinski definition) is 0. The largest absolute Gasteiger partial charge is 0.485 e. The van der Waals surface area contributed by atoms with E-state index in [2.05, 4.69) is 0 Å². The van der Waals surface area contributed by atoms with E-state index in [1.54, 1.807) is 0 Å². The Morgan fingerprint density at radius 3 is 2.83 bits per heavy atom. The van der Waals surface area contributed by atoms with E-state index in [0.717, 1.165) is 16.2 Å².